The number of piperazine rings is 1. The summed E-state index contributed by atoms with van der Waals surface area (Å²) in [7, 11) is -3.88. The van der Waals surface area contributed by atoms with Gasteiger partial charge < -0.3 is 4.90 Å². The van der Waals surface area contributed by atoms with Gasteiger partial charge in [-0.3, -0.25) is 0 Å². The average Bonchev–Trinajstić information content (AvgIpc) is 2.81. The number of anilines is 1. The van der Waals surface area contributed by atoms with Crippen molar-refractivity contribution in [3.05, 3.63) is 70.8 Å². The molecule has 0 spiro atoms. The first-order valence-electron chi connectivity index (χ1n) is 10.8. The fourth-order valence-electron chi connectivity index (χ4n) is 4.00. The van der Waals surface area contributed by atoms with Crippen LogP contribution in [0.2, 0.25) is 0 Å². The van der Waals surface area contributed by atoms with E-state index in [1.807, 2.05) is 24.0 Å². The van der Waals surface area contributed by atoms with E-state index < -0.39 is 21.8 Å². The van der Waals surface area contributed by atoms with Crippen molar-refractivity contribution in [3.63, 3.8) is 0 Å². The molecule has 0 aliphatic carbocycles. The minimum absolute atomic E-state index is 0.151. The largest absolute Gasteiger partial charge is 0.416 e. The number of nitrogens with zero attached hydrogens (tertiary/aromatic N) is 4. The molecule has 180 valence electrons. The summed E-state index contributed by atoms with van der Waals surface area (Å²) in [4.78, 5) is 1.80. The van der Waals surface area contributed by atoms with Crippen molar-refractivity contribution in [2.75, 3.05) is 31.1 Å². The quantitative estimate of drug-likeness (QED) is 0.535. The van der Waals surface area contributed by atoms with Crippen LogP contribution in [0.5, 0.6) is 0 Å². The smallest absolute Gasteiger partial charge is 0.352 e. The molecule has 4 rings (SSSR count). The van der Waals surface area contributed by atoms with Crippen molar-refractivity contribution in [2.45, 2.75) is 31.8 Å². The van der Waals surface area contributed by atoms with Crippen LogP contribution >= 0.6 is 0 Å². The van der Waals surface area contributed by atoms with Crippen LogP contribution < -0.4 is 4.90 Å². The van der Waals surface area contributed by atoms with Crippen LogP contribution in [0.1, 0.15) is 22.3 Å². The lowest BCUT2D eigenvalue weighted by atomic mass is 9.99. The SMILES string of the molecule is Cc1cc(C)c(-c2ccc(N3CCN(S(=O)(=O)c4ccc(C(F)(F)F)cc4)CC3)nn2)cc1C. The molecule has 10 heteroatoms. The zero-order chi connectivity index (χ0) is 24.7. The van der Waals surface area contributed by atoms with Crippen molar-refractivity contribution in [2.24, 2.45) is 0 Å². The standard InChI is InChI=1S/C24H25F3N4O2S/c1-16-14-18(3)21(15-17(16)2)22-8-9-23(29-28-22)30-10-12-31(13-11-30)34(32,33)20-6-4-19(5-7-20)24(25,26)27/h4-9,14-15H,10-13H2,1-3H3. The van der Waals surface area contributed by atoms with E-state index in [0.717, 1.165) is 41.1 Å². The van der Waals surface area contributed by atoms with Gasteiger partial charge in [-0.1, -0.05) is 6.07 Å². The van der Waals surface area contributed by atoms with Crippen molar-refractivity contribution < 1.29 is 21.6 Å². The van der Waals surface area contributed by atoms with E-state index in [2.05, 4.69) is 36.2 Å². The highest BCUT2D eigenvalue weighted by Crippen LogP contribution is 2.31. The van der Waals surface area contributed by atoms with E-state index in [1.165, 1.54) is 15.4 Å². The molecule has 34 heavy (non-hydrogen) atoms. The Bertz CT molecular complexity index is 1280. The van der Waals surface area contributed by atoms with Crippen LogP contribution in [-0.4, -0.2) is 49.1 Å². The Hall–Kier alpha value is -2.98. The maximum atomic E-state index is 12.9. The van der Waals surface area contributed by atoms with Crippen molar-refractivity contribution in [1.29, 1.82) is 0 Å². The molecule has 1 aliphatic heterocycles. The van der Waals surface area contributed by atoms with E-state index in [1.54, 1.807) is 0 Å². The number of hydrogen-bond donors (Lipinski definition) is 0. The third-order valence-electron chi connectivity index (χ3n) is 6.15. The van der Waals surface area contributed by atoms with Crippen LogP contribution in [0.15, 0.2) is 53.4 Å². The topological polar surface area (TPSA) is 66.4 Å². The van der Waals surface area contributed by atoms with Gasteiger partial charge in [-0.05, 0) is 79.9 Å². The van der Waals surface area contributed by atoms with Crippen molar-refractivity contribution in [3.8, 4) is 11.3 Å². The minimum Gasteiger partial charge on any atom is -0.352 e. The van der Waals surface area contributed by atoms with Gasteiger partial charge >= 0.3 is 6.18 Å². The van der Waals surface area contributed by atoms with E-state index in [4.69, 9.17) is 0 Å². The fraction of sp³-hybridized carbons (Fsp3) is 0.333. The Labute approximate surface area is 197 Å². The predicted molar refractivity (Wildman–Crippen MR) is 124 cm³/mol. The monoisotopic (exact) mass is 490 g/mol. The second-order valence-electron chi connectivity index (χ2n) is 8.44. The summed E-state index contributed by atoms with van der Waals surface area (Å²) in [5.41, 5.74) is 4.43. The molecule has 0 atom stereocenters. The molecule has 2 heterocycles. The number of rotatable bonds is 4. The van der Waals surface area contributed by atoms with Crippen LogP contribution in [0.25, 0.3) is 11.3 Å². The Morgan fingerprint density at radius 3 is 1.97 bits per heavy atom. The minimum atomic E-state index is -4.51. The zero-order valence-corrected chi connectivity index (χ0v) is 19.9. The number of benzene rings is 2. The van der Waals surface area contributed by atoms with Gasteiger partial charge in [0, 0.05) is 31.7 Å². The van der Waals surface area contributed by atoms with Gasteiger partial charge in [-0.25, -0.2) is 8.42 Å². The first-order valence-corrected chi connectivity index (χ1v) is 12.2. The number of hydrogen-bond acceptors (Lipinski definition) is 5. The van der Waals surface area contributed by atoms with Crippen LogP contribution in [0.4, 0.5) is 19.0 Å². The molecule has 0 radical (unpaired) electrons. The lowest BCUT2D eigenvalue weighted by molar-refractivity contribution is -0.137. The predicted octanol–water partition coefficient (Wildman–Crippen LogP) is 4.60. The van der Waals surface area contributed by atoms with Gasteiger partial charge in [0.25, 0.3) is 0 Å². The molecular weight excluding hydrogens is 465 g/mol. The molecule has 0 bridgehead atoms. The lowest BCUT2D eigenvalue weighted by Crippen LogP contribution is -2.49. The number of sulfonamides is 1. The Morgan fingerprint density at radius 1 is 0.794 bits per heavy atom. The van der Waals surface area contributed by atoms with Crippen LogP contribution in [0, 0.1) is 20.8 Å². The molecule has 3 aromatic rings. The number of aryl methyl sites for hydroxylation is 3. The van der Waals surface area contributed by atoms with Crippen molar-refractivity contribution in [1.82, 2.24) is 14.5 Å². The molecule has 0 saturated carbocycles. The molecular formula is C24H25F3N4O2S. The summed E-state index contributed by atoms with van der Waals surface area (Å²) < 4.78 is 65.4. The fourth-order valence-corrected chi connectivity index (χ4v) is 5.42. The Kier molecular flexibility index (Phi) is 6.39. The summed E-state index contributed by atoms with van der Waals surface area (Å²) in [5.74, 6) is 0.650. The highest BCUT2D eigenvalue weighted by Gasteiger charge is 2.32. The Morgan fingerprint density at radius 2 is 1.41 bits per heavy atom. The van der Waals surface area contributed by atoms with E-state index in [-0.39, 0.29) is 18.0 Å². The lowest BCUT2D eigenvalue weighted by Gasteiger charge is -2.34. The third-order valence-corrected chi connectivity index (χ3v) is 8.06. The molecule has 1 aliphatic rings. The molecule has 6 nitrogen and oxygen atoms in total. The summed E-state index contributed by atoms with van der Waals surface area (Å²) >= 11 is 0. The van der Waals surface area contributed by atoms with Gasteiger partial charge in [-0.2, -0.15) is 17.5 Å². The molecule has 2 aromatic carbocycles. The highest BCUT2D eigenvalue weighted by molar-refractivity contribution is 7.89. The van der Waals surface area contributed by atoms with E-state index in [9.17, 15) is 21.6 Å². The number of alkyl halides is 3. The molecule has 0 N–H and O–H groups in total. The van der Waals surface area contributed by atoms with Gasteiger partial charge in [0.05, 0.1) is 16.2 Å². The van der Waals surface area contributed by atoms with E-state index >= 15 is 0 Å². The average molecular weight is 491 g/mol. The summed E-state index contributed by atoms with van der Waals surface area (Å²) in [6.45, 7) is 7.35. The maximum absolute atomic E-state index is 12.9. The molecule has 0 amide bonds. The second-order valence-corrected chi connectivity index (χ2v) is 10.4. The third kappa shape index (κ3) is 4.78. The molecule has 1 fully saturated rings. The van der Waals surface area contributed by atoms with Crippen LogP contribution in [0.3, 0.4) is 0 Å². The summed E-state index contributed by atoms with van der Waals surface area (Å²) in [6, 6.07) is 11.6. The summed E-state index contributed by atoms with van der Waals surface area (Å²) in [5, 5.41) is 8.74. The first-order chi connectivity index (χ1) is 16.0. The molecule has 1 aromatic heterocycles. The highest BCUT2D eigenvalue weighted by atomic mass is 32.2. The van der Waals surface area contributed by atoms with Gasteiger partial charge in [0.15, 0.2) is 5.82 Å². The van der Waals surface area contributed by atoms with Gasteiger partial charge in [0.2, 0.25) is 10.0 Å². The van der Waals surface area contributed by atoms with Gasteiger partial charge in [-0.15, -0.1) is 10.2 Å². The number of aromatic nitrogens is 2. The summed E-state index contributed by atoms with van der Waals surface area (Å²) in [6.07, 6.45) is -4.51. The Balaban J connectivity index is 1.44. The van der Waals surface area contributed by atoms with Crippen molar-refractivity contribution >= 4 is 15.8 Å². The maximum Gasteiger partial charge on any atom is 0.416 e. The second kappa shape index (κ2) is 8.99. The zero-order valence-electron chi connectivity index (χ0n) is 19.1. The first kappa shape index (κ1) is 24.2. The van der Waals surface area contributed by atoms with E-state index in [0.29, 0.717) is 18.9 Å². The normalized spacial score (nSPS) is 15.5. The van der Waals surface area contributed by atoms with Crippen LogP contribution in [-0.2, 0) is 16.2 Å². The molecule has 0 unspecified atom stereocenters. The number of halogens is 3. The molecule has 1 saturated heterocycles. The van der Waals surface area contributed by atoms with Gasteiger partial charge in [0.1, 0.15) is 0 Å².